The number of aromatic hydroxyl groups is 1. The number of rotatable bonds is 9. The van der Waals surface area contributed by atoms with Gasteiger partial charge in [-0.25, -0.2) is 0 Å². The Morgan fingerprint density at radius 1 is 1.21 bits per heavy atom. The van der Waals surface area contributed by atoms with Crippen LogP contribution in [0.2, 0.25) is 0 Å². The van der Waals surface area contributed by atoms with E-state index in [0.717, 1.165) is 0 Å². The number of phenolic OH excluding ortho intramolecular Hbond substituents is 1. The summed E-state index contributed by atoms with van der Waals surface area (Å²) in [4.78, 5) is 12.5. The summed E-state index contributed by atoms with van der Waals surface area (Å²) in [7, 11) is 0. The normalized spacial score (nSPS) is 10.7. The van der Waals surface area contributed by atoms with E-state index in [1.807, 2.05) is 13.0 Å². The summed E-state index contributed by atoms with van der Waals surface area (Å²) in [6.45, 7) is 8.30. The summed E-state index contributed by atoms with van der Waals surface area (Å²) in [5, 5.41) is 22.4. The van der Waals surface area contributed by atoms with E-state index in [0.29, 0.717) is 47.9 Å². The van der Waals surface area contributed by atoms with Gasteiger partial charge in [0.2, 0.25) is 0 Å². The third kappa shape index (κ3) is 5.88. The Kier molecular flexibility index (Phi) is 7.87. The van der Waals surface area contributed by atoms with Crippen LogP contribution >= 0.6 is 0 Å². The third-order valence-corrected chi connectivity index (χ3v) is 3.94. The van der Waals surface area contributed by atoms with Crippen molar-refractivity contribution in [2.75, 3.05) is 18.5 Å². The van der Waals surface area contributed by atoms with Gasteiger partial charge in [0.25, 0.3) is 5.91 Å². The first-order valence-corrected chi connectivity index (χ1v) is 9.27. The molecule has 0 bridgehead atoms. The van der Waals surface area contributed by atoms with Crippen LogP contribution in [-0.2, 0) is 11.2 Å². The molecule has 0 aromatic heterocycles. The maximum absolute atomic E-state index is 12.5. The van der Waals surface area contributed by atoms with E-state index < -0.39 is 5.91 Å². The number of nitriles is 1. The highest BCUT2D eigenvalue weighted by molar-refractivity contribution is 6.09. The molecule has 0 aliphatic rings. The molecule has 0 spiro atoms. The fourth-order valence-corrected chi connectivity index (χ4v) is 2.66. The molecule has 29 heavy (non-hydrogen) atoms. The second-order valence-corrected chi connectivity index (χ2v) is 6.03. The number of ether oxygens (including phenoxy) is 2. The van der Waals surface area contributed by atoms with Crippen LogP contribution < -0.4 is 14.8 Å². The third-order valence-electron chi connectivity index (χ3n) is 3.94. The number of hydrogen-bond acceptors (Lipinski definition) is 5. The molecule has 2 N–H and O–H groups in total. The molecule has 0 radical (unpaired) electrons. The SMILES string of the molecule is C=CCc1cc(/C=C(\C#N)C(=O)Nc2ccc(OCC)cc2)cc(OCC)c1O. The van der Waals surface area contributed by atoms with Crippen molar-refractivity contribution in [2.24, 2.45) is 0 Å². The van der Waals surface area contributed by atoms with Gasteiger partial charge < -0.3 is 19.9 Å². The Morgan fingerprint density at radius 2 is 1.90 bits per heavy atom. The first-order chi connectivity index (χ1) is 14.0. The number of allylic oxidation sites excluding steroid dienone is 1. The number of hydrogen-bond donors (Lipinski definition) is 2. The number of nitrogens with one attached hydrogen (secondary N) is 1. The number of nitrogens with zero attached hydrogens (tertiary/aromatic N) is 1. The van der Waals surface area contributed by atoms with Gasteiger partial charge in [0.1, 0.15) is 17.4 Å². The van der Waals surface area contributed by atoms with Crippen molar-refractivity contribution < 1.29 is 19.4 Å². The highest BCUT2D eigenvalue weighted by atomic mass is 16.5. The molecule has 1 amide bonds. The molecule has 0 aliphatic carbocycles. The predicted molar refractivity (Wildman–Crippen MR) is 113 cm³/mol. The Balaban J connectivity index is 2.28. The van der Waals surface area contributed by atoms with Crippen molar-refractivity contribution >= 4 is 17.7 Å². The van der Waals surface area contributed by atoms with Crippen LogP contribution in [0.5, 0.6) is 17.2 Å². The van der Waals surface area contributed by atoms with Crippen LogP contribution in [0.1, 0.15) is 25.0 Å². The number of anilines is 1. The van der Waals surface area contributed by atoms with Gasteiger partial charge in [-0.3, -0.25) is 4.79 Å². The van der Waals surface area contributed by atoms with Crippen LogP contribution in [-0.4, -0.2) is 24.2 Å². The zero-order valence-corrected chi connectivity index (χ0v) is 16.6. The smallest absolute Gasteiger partial charge is 0.266 e. The lowest BCUT2D eigenvalue weighted by Crippen LogP contribution is -2.13. The Hall–Kier alpha value is -3.72. The van der Waals surface area contributed by atoms with E-state index in [9.17, 15) is 15.2 Å². The van der Waals surface area contributed by atoms with Gasteiger partial charge in [-0.15, -0.1) is 6.58 Å². The zero-order valence-electron chi connectivity index (χ0n) is 16.6. The monoisotopic (exact) mass is 392 g/mol. The number of carbonyl (C=O) groups excluding carboxylic acids is 1. The molecule has 2 rings (SSSR count). The van der Waals surface area contributed by atoms with Crippen molar-refractivity contribution in [1.82, 2.24) is 0 Å². The van der Waals surface area contributed by atoms with E-state index in [1.165, 1.54) is 6.08 Å². The standard InChI is InChI=1S/C23H24N2O4/c1-4-7-17-12-16(14-21(22(17)26)29-6-3)13-18(15-24)23(27)25-19-8-10-20(11-9-19)28-5-2/h4,8-14,26H,1,5-7H2,2-3H3,(H,25,27)/b18-13+. The summed E-state index contributed by atoms with van der Waals surface area (Å²) in [6, 6.07) is 12.1. The minimum absolute atomic E-state index is 0.0289. The first-order valence-electron chi connectivity index (χ1n) is 9.27. The fraction of sp³-hybridized carbons (Fsp3) is 0.217. The molecule has 0 atom stereocenters. The highest BCUT2D eigenvalue weighted by Gasteiger charge is 2.13. The van der Waals surface area contributed by atoms with Crippen molar-refractivity contribution in [3.8, 4) is 23.3 Å². The zero-order chi connectivity index (χ0) is 21.2. The average molecular weight is 392 g/mol. The van der Waals surface area contributed by atoms with E-state index in [2.05, 4.69) is 11.9 Å². The lowest BCUT2D eigenvalue weighted by atomic mass is 10.0. The minimum atomic E-state index is -0.534. The largest absolute Gasteiger partial charge is 0.504 e. The second kappa shape index (κ2) is 10.6. The van der Waals surface area contributed by atoms with Gasteiger partial charge in [-0.2, -0.15) is 5.26 Å². The van der Waals surface area contributed by atoms with Gasteiger partial charge in [0.05, 0.1) is 13.2 Å². The lowest BCUT2D eigenvalue weighted by Gasteiger charge is -2.11. The first kappa shape index (κ1) is 21.6. The number of amides is 1. The molecule has 2 aromatic rings. The van der Waals surface area contributed by atoms with E-state index >= 15 is 0 Å². The molecule has 0 saturated heterocycles. The molecule has 0 saturated carbocycles. The number of phenols is 1. The minimum Gasteiger partial charge on any atom is -0.504 e. The van der Waals surface area contributed by atoms with E-state index in [4.69, 9.17) is 9.47 Å². The van der Waals surface area contributed by atoms with Gasteiger partial charge in [0.15, 0.2) is 11.5 Å². The van der Waals surface area contributed by atoms with Crippen LogP contribution in [0.15, 0.2) is 54.6 Å². The molecule has 150 valence electrons. The van der Waals surface area contributed by atoms with Crippen LogP contribution in [0.4, 0.5) is 5.69 Å². The van der Waals surface area contributed by atoms with Crippen molar-refractivity contribution in [3.63, 3.8) is 0 Å². The van der Waals surface area contributed by atoms with Gasteiger partial charge in [-0.1, -0.05) is 6.08 Å². The van der Waals surface area contributed by atoms with Gasteiger partial charge in [0, 0.05) is 11.3 Å². The summed E-state index contributed by atoms with van der Waals surface area (Å²) < 4.78 is 10.8. The molecule has 6 heteroatoms. The predicted octanol–water partition coefficient (Wildman–Crippen LogP) is 4.46. The molecule has 0 fully saturated rings. The topological polar surface area (TPSA) is 91.6 Å². The number of benzene rings is 2. The van der Waals surface area contributed by atoms with Crippen molar-refractivity contribution in [3.05, 3.63) is 65.8 Å². The van der Waals surface area contributed by atoms with Crippen molar-refractivity contribution in [2.45, 2.75) is 20.3 Å². The molecule has 0 heterocycles. The number of carbonyl (C=O) groups is 1. The molecular formula is C23H24N2O4. The summed E-state index contributed by atoms with van der Waals surface area (Å²) >= 11 is 0. The van der Waals surface area contributed by atoms with Gasteiger partial charge >= 0.3 is 0 Å². The van der Waals surface area contributed by atoms with E-state index in [1.54, 1.807) is 49.4 Å². The van der Waals surface area contributed by atoms with Crippen LogP contribution in [0, 0.1) is 11.3 Å². The molecular weight excluding hydrogens is 368 g/mol. The second-order valence-electron chi connectivity index (χ2n) is 6.03. The molecule has 0 unspecified atom stereocenters. The summed E-state index contributed by atoms with van der Waals surface area (Å²) in [5.74, 6) is 0.486. The quantitative estimate of drug-likeness (QED) is 0.373. The average Bonchev–Trinajstić information content (AvgIpc) is 2.71. The van der Waals surface area contributed by atoms with Crippen LogP contribution in [0.25, 0.3) is 6.08 Å². The highest BCUT2D eigenvalue weighted by Crippen LogP contribution is 2.33. The lowest BCUT2D eigenvalue weighted by molar-refractivity contribution is -0.112. The van der Waals surface area contributed by atoms with Crippen molar-refractivity contribution in [1.29, 1.82) is 5.26 Å². The Morgan fingerprint density at radius 3 is 2.48 bits per heavy atom. The Labute approximate surface area is 170 Å². The fourth-order valence-electron chi connectivity index (χ4n) is 2.66. The van der Waals surface area contributed by atoms with E-state index in [-0.39, 0.29) is 11.3 Å². The van der Waals surface area contributed by atoms with Gasteiger partial charge in [-0.05, 0) is 68.3 Å². The Bertz CT molecular complexity index is 941. The van der Waals surface area contributed by atoms with Crippen LogP contribution in [0.3, 0.4) is 0 Å². The molecule has 6 nitrogen and oxygen atoms in total. The summed E-state index contributed by atoms with van der Waals surface area (Å²) in [6.07, 6.45) is 3.54. The maximum atomic E-state index is 12.5. The maximum Gasteiger partial charge on any atom is 0.266 e. The molecule has 2 aromatic carbocycles. The molecule has 0 aliphatic heterocycles. The summed E-state index contributed by atoms with van der Waals surface area (Å²) in [5.41, 5.74) is 1.65.